The summed E-state index contributed by atoms with van der Waals surface area (Å²) in [5.74, 6) is -2.66. The maximum Gasteiger partial charge on any atom is 0.306 e. The highest BCUT2D eigenvalue weighted by molar-refractivity contribution is 8.14. The molecule has 4 N–H and O–H groups in total. The van der Waals surface area contributed by atoms with Crippen molar-refractivity contribution in [2.45, 2.75) is 25.7 Å². The van der Waals surface area contributed by atoms with Crippen LogP contribution >= 0.6 is 47.0 Å². The van der Waals surface area contributed by atoms with E-state index in [-0.39, 0.29) is 69.2 Å². The Morgan fingerprint density at radius 2 is 0.536 bits per heavy atom. The zero-order valence-electron chi connectivity index (χ0n) is 38.8. The van der Waals surface area contributed by atoms with E-state index in [1.807, 2.05) is 0 Å². The molecule has 0 aromatic heterocycles. The topological polar surface area (TPSA) is 222 Å². The van der Waals surface area contributed by atoms with Gasteiger partial charge in [0.15, 0.2) is 0 Å². The van der Waals surface area contributed by atoms with E-state index in [0.717, 1.165) is 69.8 Å². The third-order valence-corrected chi connectivity index (χ3v) is 13.6. The van der Waals surface area contributed by atoms with Crippen LogP contribution in [0.5, 0.6) is 0 Å². The Bertz CT molecular complexity index is 2020. The van der Waals surface area contributed by atoms with Gasteiger partial charge in [0.2, 0.25) is 20.5 Å². The van der Waals surface area contributed by atoms with Crippen molar-refractivity contribution < 1.29 is 57.3 Å². The molecule has 0 amide bonds. The average molecular weight is 1020 g/mol. The summed E-state index contributed by atoms with van der Waals surface area (Å²) in [5, 5.41) is 10.9. The van der Waals surface area contributed by atoms with Crippen molar-refractivity contribution in [3.63, 3.8) is 0 Å². The fourth-order valence-electron chi connectivity index (χ4n) is 5.81. The summed E-state index contributed by atoms with van der Waals surface area (Å²) in [6, 6.07) is 27.3. The van der Waals surface area contributed by atoms with Crippen molar-refractivity contribution in [3.8, 4) is 0 Å². The first-order valence-electron chi connectivity index (χ1n) is 21.7. The summed E-state index contributed by atoms with van der Waals surface area (Å²) in [7, 11) is 7.03. The fraction of sp³-hybridized carbons (Fsp3) is 0.347. The Balaban J connectivity index is 1.44. The molecular weight excluding hydrogens is 965 g/mol. The summed E-state index contributed by atoms with van der Waals surface area (Å²) < 4.78 is 22.6. The van der Waals surface area contributed by atoms with Crippen molar-refractivity contribution in [1.82, 2.24) is 0 Å². The predicted molar refractivity (Wildman–Crippen MR) is 276 cm³/mol. The number of hydrogen-bond acceptors (Lipinski definition) is 20. The molecule has 0 saturated carbocycles. The van der Waals surface area contributed by atoms with Gasteiger partial charge in [-0.05, 0) is 97.1 Å². The largest absolute Gasteiger partial charge is 0.465 e. The fourth-order valence-corrected chi connectivity index (χ4v) is 8.83. The maximum atomic E-state index is 13.2. The second-order valence-corrected chi connectivity index (χ2v) is 19.3. The Labute approximate surface area is 418 Å². The van der Waals surface area contributed by atoms with Gasteiger partial charge >= 0.3 is 23.9 Å². The molecule has 0 aliphatic heterocycles. The van der Waals surface area contributed by atoms with Gasteiger partial charge in [-0.3, -0.25) is 38.4 Å². The minimum absolute atomic E-state index is 0.0689. The number of ether oxygens (including phenoxy) is 4. The second-order valence-electron chi connectivity index (χ2n) is 15.0. The van der Waals surface area contributed by atoms with Crippen LogP contribution < -0.4 is 21.3 Å². The molecule has 368 valence electrons. The van der Waals surface area contributed by atoms with Crippen LogP contribution in [-0.2, 0) is 38.1 Å². The van der Waals surface area contributed by atoms with Crippen molar-refractivity contribution in [1.29, 1.82) is 0 Å². The van der Waals surface area contributed by atoms with Crippen LogP contribution in [0.2, 0.25) is 0 Å². The third-order valence-electron chi connectivity index (χ3n) is 9.95. The second kappa shape index (κ2) is 29.8. The van der Waals surface area contributed by atoms with E-state index in [2.05, 4.69) is 21.3 Å². The lowest BCUT2D eigenvalue weighted by Crippen LogP contribution is -2.44. The van der Waals surface area contributed by atoms with Gasteiger partial charge in [-0.2, -0.15) is 0 Å². The molecule has 0 aliphatic rings. The number of nitrogens with one attached hydrogen (secondary N) is 4. The summed E-state index contributed by atoms with van der Waals surface area (Å²) in [6.07, 6.45) is -0.797. The summed E-state index contributed by atoms with van der Waals surface area (Å²) in [5.41, 5.74) is 3.45. The highest BCUT2D eigenvalue weighted by Gasteiger charge is 2.38. The van der Waals surface area contributed by atoms with Gasteiger partial charge in [-0.1, -0.05) is 47.0 Å². The molecule has 0 aliphatic carbocycles. The summed E-state index contributed by atoms with van der Waals surface area (Å²) in [6.45, 7) is -2.20. The number of anilines is 4. The molecule has 4 rings (SSSR count). The van der Waals surface area contributed by atoms with Crippen molar-refractivity contribution in [2.75, 3.05) is 98.9 Å². The molecule has 0 fully saturated rings. The monoisotopic (exact) mass is 1020 g/mol. The maximum absolute atomic E-state index is 13.2. The Hall–Kier alpha value is -5.96. The first-order chi connectivity index (χ1) is 33.3. The van der Waals surface area contributed by atoms with Crippen LogP contribution in [0.4, 0.5) is 22.7 Å². The number of benzene rings is 4. The molecule has 0 bridgehead atoms. The van der Waals surface area contributed by atoms with Crippen molar-refractivity contribution >= 4 is 114 Å². The molecule has 0 heterocycles. The first-order valence-corrected chi connectivity index (χ1v) is 25.6. The number of carbonyl (C=O) groups excluding carboxylic acids is 8. The molecule has 0 atom stereocenters. The number of carbonyl (C=O) groups is 8. The lowest BCUT2D eigenvalue weighted by Gasteiger charge is -2.31. The normalized spacial score (nSPS) is 10.8. The average Bonchev–Trinajstić information content (AvgIpc) is 3.38. The van der Waals surface area contributed by atoms with E-state index in [9.17, 15) is 38.4 Å². The molecule has 20 heteroatoms. The van der Waals surface area contributed by atoms with E-state index in [1.54, 1.807) is 125 Å². The molecule has 4 aromatic carbocycles. The lowest BCUT2D eigenvalue weighted by molar-refractivity contribution is -0.170. The Morgan fingerprint density at radius 1 is 0.348 bits per heavy atom. The van der Waals surface area contributed by atoms with Gasteiger partial charge in [-0.15, -0.1) is 0 Å². The quantitative estimate of drug-likeness (QED) is 0.0311. The van der Waals surface area contributed by atoms with Gasteiger partial charge in [-0.25, -0.2) is 0 Å². The zero-order valence-corrected chi connectivity index (χ0v) is 42.0. The minimum atomic E-state index is -1.64. The number of thioether (sulfide) groups is 4. The van der Waals surface area contributed by atoms with Gasteiger partial charge in [0.05, 0.1) is 25.7 Å². The SMILES string of the molecule is CNc1ccc(C(=O)SCCC(=O)OCC(COC(=O)CCSC(=O)c2ccc(NC)cc2)(COC(=O)CCSC(=O)c2ccc(NC)cc2)COC(=O)CCSC(=O)c2ccc(NC)cc2)cc1. The van der Waals surface area contributed by atoms with Gasteiger partial charge < -0.3 is 40.2 Å². The van der Waals surface area contributed by atoms with Crippen LogP contribution in [0, 0.1) is 5.41 Å². The summed E-state index contributed by atoms with van der Waals surface area (Å²) in [4.78, 5) is 104. The zero-order chi connectivity index (χ0) is 50.0. The number of rotatable bonds is 28. The van der Waals surface area contributed by atoms with Gasteiger partial charge in [0.25, 0.3) is 0 Å². The predicted octanol–water partition coefficient (Wildman–Crippen LogP) is 8.17. The van der Waals surface area contributed by atoms with E-state index < -0.39 is 55.7 Å². The van der Waals surface area contributed by atoms with E-state index >= 15 is 0 Å². The van der Waals surface area contributed by atoms with Crippen LogP contribution in [0.25, 0.3) is 0 Å². The Morgan fingerprint density at radius 3 is 0.710 bits per heavy atom. The van der Waals surface area contributed by atoms with Crippen LogP contribution in [0.3, 0.4) is 0 Å². The van der Waals surface area contributed by atoms with Crippen LogP contribution in [0.15, 0.2) is 97.1 Å². The molecular formula is C49H56N4O12S4. The standard InChI is InChI=1S/C49H56N4O12S4/c1-50-37-13-5-33(6-14-37)45(58)66-25-21-41(54)62-29-49(30-63-42(55)22-26-67-46(59)34-7-15-38(51-2)16-8-34,31-64-43(56)23-27-68-47(60)35-9-17-39(52-3)18-10-35)32-65-44(57)24-28-69-48(61)36-11-19-40(53-4)20-12-36/h5-20,50-53H,21-32H2,1-4H3. The lowest BCUT2D eigenvalue weighted by atomic mass is 9.92. The molecule has 16 nitrogen and oxygen atoms in total. The van der Waals surface area contributed by atoms with E-state index in [4.69, 9.17) is 18.9 Å². The summed E-state index contributed by atoms with van der Waals surface area (Å²) >= 11 is 3.69. The molecule has 0 spiro atoms. The van der Waals surface area contributed by atoms with Crippen LogP contribution in [-0.4, -0.2) is 122 Å². The van der Waals surface area contributed by atoms with Gasteiger partial charge in [0, 0.05) is 96.2 Å². The van der Waals surface area contributed by atoms with E-state index in [1.165, 1.54) is 0 Å². The van der Waals surface area contributed by atoms with Gasteiger partial charge in [0.1, 0.15) is 31.8 Å². The van der Waals surface area contributed by atoms with Crippen molar-refractivity contribution in [3.05, 3.63) is 119 Å². The third kappa shape index (κ3) is 19.9. The first kappa shape index (κ1) is 55.6. The number of hydrogen-bond donors (Lipinski definition) is 4. The highest BCUT2D eigenvalue weighted by Crippen LogP contribution is 2.25. The number of esters is 4. The molecule has 0 unspecified atom stereocenters. The van der Waals surface area contributed by atoms with E-state index in [0.29, 0.717) is 22.3 Å². The molecule has 69 heavy (non-hydrogen) atoms. The Kier molecular flexibility index (Phi) is 24.0. The van der Waals surface area contributed by atoms with Crippen molar-refractivity contribution in [2.24, 2.45) is 5.41 Å². The minimum Gasteiger partial charge on any atom is -0.465 e. The highest BCUT2D eigenvalue weighted by atomic mass is 32.2. The smallest absolute Gasteiger partial charge is 0.306 e. The molecule has 0 radical (unpaired) electrons. The molecule has 4 aromatic rings. The molecule has 0 saturated heterocycles. The van der Waals surface area contributed by atoms with Crippen LogP contribution in [0.1, 0.15) is 67.1 Å².